The standard InChI is InChI=1S/C22H27N3O5/c1-22(2,3)30-16(26)12-23-20(28)17-18(27)14-10-11-15(13-8-6-5-7-9-13)24-19(14)25(4)21(17)29/h8,10-11,27H,5-7,9,12H2,1-4H3,(H,23,28). The van der Waals surface area contributed by atoms with Crippen molar-refractivity contribution in [2.24, 2.45) is 7.05 Å². The van der Waals surface area contributed by atoms with Crippen molar-refractivity contribution in [1.29, 1.82) is 0 Å². The lowest BCUT2D eigenvalue weighted by molar-refractivity contribution is -0.153. The average molecular weight is 413 g/mol. The molecular formula is C22H27N3O5. The summed E-state index contributed by atoms with van der Waals surface area (Å²) in [5.74, 6) is -1.94. The average Bonchev–Trinajstić information content (AvgIpc) is 2.70. The van der Waals surface area contributed by atoms with Crippen LogP contribution in [0.3, 0.4) is 0 Å². The number of esters is 1. The van der Waals surface area contributed by atoms with Crippen molar-refractivity contribution >= 4 is 28.5 Å². The maximum atomic E-state index is 12.8. The van der Waals surface area contributed by atoms with Gasteiger partial charge in [0.25, 0.3) is 11.5 Å². The Hall–Kier alpha value is -3.16. The Bertz CT molecular complexity index is 1090. The number of ether oxygens (including phenoxy) is 1. The van der Waals surface area contributed by atoms with E-state index in [0.29, 0.717) is 11.0 Å². The first kappa shape index (κ1) is 21.5. The number of pyridine rings is 2. The van der Waals surface area contributed by atoms with Gasteiger partial charge in [0.15, 0.2) is 0 Å². The molecule has 30 heavy (non-hydrogen) atoms. The third-order valence-electron chi connectivity index (χ3n) is 4.86. The summed E-state index contributed by atoms with van der Waals surface area (Å²) in [6.07, 6.45) is 6.30. The zero-order valence-electron chi connectivity index (χ0n) is 17.7. The fraction of sp³-hybridized carbons (Fsp3) is 0.455. The molecule has 0 atom stereocenters. The smallest absolute Gasteiger partial charge is 0.325 e. The summed E-state index contributed by atoms with van der Waals surface area (Å²) in [4.78, 5) is 41.7. The van der Waals surface area contributed by atoms with Crippen molar-refractivity contribution in [3.05, 3.63) is 39.8 Å². The number of aryl methyl sites for hydroxylation is 1. The van der Waals surface area contributed by atoms with E-state index in [1.165, 1.54) is 11.6 Å². The summed E-state index contributed by atoms with van der Waals surface area (Å²) in [7, 11) is 1.50. The largest absolute Gasteiger partial charge is 0.506 e. The highest BCUT2D eigenvalue weighted by molar-refractivity contribution is 6.02. The minimum Gasteiger partial charge on any atom is -0.506 e. The molecule has 2 aromatic rings. The third kappa shape index (κ3) is 4.53. The minimum atomic E-state index is -0.847. The normalized spacial score (nSPS) is 14.3. The number of amides is 1. The topological polar surface area (TPSA) is 111 Å². The van der Waals surface area contributed by atoms with Crippen LogP contribution >= 0.6 is 0 Å². The SMILES string of the molecule is Cn1c(=O)c(C(=O)NCC(=O)OC(C)(C)C)c(O)c2ccc(C3=CCCCC3)nc21. The maximum Gasteiger partial charge on any atom is 0.325 e. The number of hydrogen-bond donors (Lipinski definition) is 2. The number of allylic oxidation sites excluding steroid dienone is 2. The van der Waals surface area contributed by atoms with E-state index in [4.69, 9.17) is 4.74 Å². The van der Waals surface area contributed by atoms with Gasteiger partial charge in [-0.2, -0.15) is 0 Å². The van der Waals surface area contributed by atoms with E-state index in [0.717, 1.165) is 37.0 Å². The van der Waals surface area contributed by atoms with Gasteiger partial charge in [0.05, 0.1) is 11.1 Å². The summed E-state index contributed by atoms with van der Waals surface area (Å²) in [6.45, 7) is 4.72. The molecule has 0 radical (unpaired) electrons. The summed E-state index contributed by atoms with van der Waals surface area (Å²) >= 11 is 0. The predicted molar refractivity (Wildman–Crippen MR) is 113 cm³/mol. The lowest BCUT2D eigenvalue weighted by atomic mass is 9.96. The molecule has 2 aromatic heterocycles. The quantitative estimate of drug-likeness (QED) is 0.746. The van der Waals surface area contributed by atoms with Crippen LogP contribution in [0.1, 0.15) is 62.5 Å². The number of carbonyl (C=O) groups excluding carboxylic acids is 2. The predicted octanol–water partition coefficient (Wildman–Crippen LogP) is 2.67. The van der Waals surface area contributed by atoms with Gasteiger partial charge in [-0.1, -0.05) is 6.08 Å². The molecule has 1 aliphatic rings. The number of aromatic hydroxyl groups is 1. The van der Waals surface area contributed by atoms with Crippen molar-refractivity contribution in [2.45, 2.75) is 52.1 Å². The highest BCUT2D eigenvalue weighted by atomic mass is 16.6. The fourth-order valence-corrected chi connectivity index (χ4v) is 3.46. The van der Waals surface area contributed by atoms with Gasteiger partial charge in [0, 0.05) is 7.05 Å². The second-order valence-corrected chi connectivity index (χ2v) is 8.40. The van der Waals surface area contributed by atoms with Crippen molar-refractivity contribution in [2.75, 3.05) is 6.54 Å². The van der Waals surface area contributed by atoms with Gasteiger partial charge >= 0.3 is 5.97 Å². The highest BCUT2D eigenvalue weighted by Crippen LogP contribution is 2.30. The first-order valence-electron chi connectivity index (χ1n) is 10.0. The molecule has 1 aliphatic carbocycles. The van der Waals surface area contributed by atoms with Gasteiger partial charge in [-0.05, 0) is 64.2 Å². The highest BCUT2D eigenvalue weighted by Gasteiger charge is 2.24. The number of carbonyl (C=O) groups is 2. The molecule has 0 spiro atoms. The van der Waals surface area contributed by atoms with Gasteiger partial charge < -0.3 is 15.2 Å². The van der Waals surface area contributed by atoms with E-state index in [1.807, 2.05) is 0 Å². The van der Waals surface area contributed by atoms with Crippen LogP contribution < -0.4 is 10.9 Å². The number of hydrogen-bond acceptors (Lipinski definition) is 6. The molecule has 2 N–H and O–H groups in total. The molecule has 3 rings (SSSR count). The molecule has 0 aliphatic heterocycles. The molecule has 0 saturated carbocycles. The van der Waals surface area contributed by atoms with Crippen molar-refractivity contribution < 1.29 is 19.4 Å². The van der Waals surface area contributed by atoms with E-state index >= 15 is 0 Å². The molecule has 0 fully saturated rings. The Balaban J connectivity index is 1.93. The minimum absolute atomic E-state index is 0.291. The second-order valence-electron chi connectivity index (χ2n) is 8.40. The van der Waals surface area contributed by atoms with Gasteiger partial charge in [0.2, 0.25) is 0 Å². The van der Waals surface area contributed by atoms with Crippen molar-refractivity contribution in [1.82, 2.24) is 14.9 Å². The van der Waals surface area contributed by atoms with Gasteiger partial charge in [-0.25, -0.2) is 4.98 Å². The monoisotopic (exact) mass is 413 g/mol. The lowest BCUT2D eigenvalue weighted by Gasteiger charge is -2.19. The third-order valence-corrected chi connectivity index (χ3v) is 4.86. The number of rotatable bonds is 4. The molecule has 0 bridgehead atoms. The molecule has 0 saturated heterocycles. The van der Waals surface area contributed by atoms with Gasteiger partial charge in [-0.15, -0.1) is 0 Å². The molecule has 0 aromatic carbocycles. The fourth-order valence-electron chi connectivity index (χ4n) is 3.46. The number of nitrogens with one attached hydrogen (secondary N) is 1. The molecule has 1 amide bonds. The first-order valence-corrected chi connectivity index (χ1v) is 10.0. The Labute approximate surface area is 174 Å². The van der Waals surface area contributed by atoms with Crippen LogP contribution in [-0.4, -0.2) is 38.7 Å². The van der Waals surface area contributed by atoms with Crippen molar-refractivity contribution in [3.8, 4) is 5.75 Å². The molecular weight excluding hydrogens is 386 g/mol. The summed E-state index contributed by atoms with van der Waals surface area (Å²) < 4.78 is 6.37. The molecule has 8 nitrogen and oxygen atoms in total. The van der Waals surface area contributed by atoms with E-state index in [2.05, 4.69) is 16.4 Å². The van der Waals surface area contributed by atoms with E-state index in [9.17, 15) is 19.5 Å². The van der Waals surface area contributed by atoms with Crippen LogP contribution in [0.5, 0.6) is 5.75 Å². The van der Waals surface area contributed by atoms with Gasteiger partial charge in [0.1, 0.15) is 29.1 Å². The molecule has 2 heterocycles. The summed E-state index contributed by atoms with van der Waals surface area (Å²) in [5, 5.41) is 13.3. The van der Waals surface area contributed by atoms with E-state index in [1.54, 1.807) is 32.9 Å². The molecule has 0 unspecified atom stereocenters. The van der Waals surface area contributed by atoms with Crippen LogP contribution in [0.4, 0.5) is 0 Å². The van der Waals surface area contributed by atoms with E-state index in [-0.39, 0.29) is 0 Å². The number of aromatic nitrogens is 2. The van der Waals surface area contributed by atoms with Crippen LogP contribution in [0.2, 0.25) is 0 Å². The number of nitrogens with zero attached hydrogens (tertiary/aromatic N) is 2. The lowest BCUT2D eigenvalue weighted by Crippen LogP contribution is -2.37. The van der Waals surface area contributed by atoms with E-state index < -0.39 is 40.9 Å². The Morgan fingerprint density at radius 1 is 1.27 bits per heavy atom. The summed E-state index contributed by atoms with van der Waals surface area (Å²) in [6, 6.07) is 3.44. The van der Waals surface area contributed by atoms with Crippen LogP contribution in [0, 0.1) is 0 Å². The zero-order chi connectivity index (χ0) is 22.1. The van der Waals surface area contributed by atoms with Crippen LogP contribution in [0.25, 0.3) is 16.6 Å². The number of fused-ring (bicyclic) bond motifs is 1. The first-order chi connectivity index (χ1) is 14.1. The zero-order valence-corrected chi connectivity index (χ0v) is 17.7. The van der Waals surface area contributed by atoms with Gasteiger partial charge in [-0.3, -0.25) is 19.0 Å². The van der Waals surface area contributed by atoms with Crippen LogP contribution in [0.15, 0.2) is 23.0 Å². The van der Waals surface area contributed by atoms with Crippen LogP contribution in [-0.2, 0) is 16.6 Å². The maximum absolute atomic E-state index is 12.8. The Morgan fingerprint density at radius 2 is 2.00 bits per heavy atom. The Morgan fingerprint density at radius 3 is 2.63 bits per heavy atom. The second kappa shape index (κ2) is 8.30. The molecule has 160 valence electrons. The molecule has 8 heteroatoms. The van der Waals surface area contributed by atoms with Crippen molar-refractivity contribution in [3.63, 3.8) is 0 Å². The Kier molecular flexibility index (Phi) is 5.96. The summed E-state index contributed by atoms with van der Waals surface area (Å²) in [5.41, 5.74) is 0.363.